The number of carbonyl (C=O) groups is 1. The highest BCUT2D eigenvalue weighted by molar-refractivity contribution is 5.82. The zero-order chi connectivity index (χ0) is 17.8. The van der Waals surface area contributed by atoms with Gasteiger partial charge in [-0.05, 0) is 49.2 Å². The molecule has 3 rings (SSSR count). The van der Waals surface area contributed by atoms with Crippen LogP contribution in [0.3, 0.4) is 0 Å². The van der Waals surface area contributed by atoms with Gasteiger partial charge in [-0.3, -0.25) is 4.79 Å². The van der Waals surface area contributed by atoms with E-state index in [2.05, 4.69) is 15.6 Å². The molecular weight excluding hydrogens is 319 g/mol. The highest BCUT2D eigenvalue weighted by atomic mass is 19.1. The van der Waals surface area contributed by atoms with Crippen LogP contribution in [0, 0.1) is 5.82 Å². The Balaban J connectivity index is 1.72. The summed E-state index contributed by atoms with van der Waals surface area (Å²) in [6, 6.07) is 8.65. The van der Waals surface area contributed by atoms with Gasteiger partial charge >= 0.3 is 0 Å². The van der Waals surface area contributed by atoms with Crippen LogP contribution >= 0.6 is 0 Å². The number of amides is 1. The van der Waals surface area contributed by atoms with Crippen molar-refractivity contribution in [3.63, 3.8) is 0 Å². The van der Waals surface area contributed by atoms with Crippen LogP contribution in [0.4, 0.5) is 10.2 Å². The van der Waals surface area contributed by atoms with Gasteiger partial charge in [-0.25, -0.2) is 9.37 Å². The molecule has 1 amide bonds. The van der Waals surface area contributed by atoms with Gasteiger partial charge in [-0.2, -0.15) is 0 Å². The third kappa shape index (κ3) is 4.14. The van der Waals surface area contributed by atoms with Gasteiger partial charge < -0.3 is 15.5 Å². The first-order chi connectivity index (χ1) is 12.0. The van der Waals surface area contributed by atoms with E-state index >= 15 is 0 Å². The second kappa shape index (κ2) is 7.61. The van der Waals surface area contributed by atoms with E-state index in [1.165, 1.54) is 6.07 Å². The average molecular weight is 342 g/mol. The van der Waals surface area contributed by atoms with Gasteiger partial charge in [-0.15, -0.1) is 0 Å². The fourth-order valence-electron chi connectivity index (χ4n) is 2.93. The summed E-state index contributed by atoms with van der Waals surface area (Å²) < 4.78 is 14.1. The number of halogens is 1. The lowest BCUT2D eigenvalue weighted by atomic mass is 10.0. The molecule has 5 nitrogen and oxygen atoms in total. The van der Waals surface area contributed by atoms with Gasteiger partial charge in [-0.1, -0.05) is 6.07 Å². The summed E-state index contributed by atoms with van der Waals surface area (Å²) in [5, 5.41) is 5.96. The molecule has 1 saturated heterocycles. The Morgan fingerprint density at radius 2 is 2.12 bits per heavy atom. The monoisotopic (exact) mass is 342 g/mol. The van der Waals surface area contributed by atoms with Crippen LogP contribution in [-0.4, -0.2) is 37.6 Å². The second-order valence-electron chi connectivity index (χ2n) is 6.47. The molecule has 0 saturated carbocycles. The predicted octanol–water partition coefficient (Wildman–Crippen LogP) is 2.32. The summed E-state index contributed by atoms with van der Waals surface area (Å²) >= 11 is 0. The van der Waals surface area contributed by atoms with Crippen LogP contribution < -0.4 is 15.5 Å². The Labute approximate surface area is 147 Å². The quantitative estimate of drug-likeness (QED) is 0.876. The summed E-state index contributed by atoms with van der Waals surface area (Å²) in [7, 11) is 3.86. The molecule has 1 aliphatic heterocycles. The maximum atomic E-state index is 14.1. The van der Waals surface area contributed by atoms with Crippen molar-refractivity contribution in [1.82, 2.24) is 15.6 Å². The lowest BCUT2D eigenvalue weighted by Gasteiger charge is -2.13. The molecule has 0 radical (unpaired) electrons. The second-order valence-corrected chi connectivity index (χ2v) is 6.47. The van der Waals surface area contributed by atoms with Crippen LogP contribution in [-0.2, 0) is 11.3 Å². The molecule has 2 heterocycles. The SMILES string of the molecule is CN(C)c1ccc(-c2ccc(F)c(CNC(=O)C3CCCN3)c2)cn1. The third-order valence-corrected chi connectivity index (χ3v) is 4.41. The van der Waals surface area contributed by atoms with Crippen molar-refractivity contribution in [2.75, 3.05) is 25.5 Å². The Morgan fingerprint density at radius 3 is 2.76 bits per heavy atom. The highest BCUT2D eigenvalue weighted by Crippen LogP contribution is 2.23. The first kappa shape index (κ1) is 17.4. The molecule has 1 aromatic carbocycles. The van der Waals surface area contributed by atoms with Crippen LogP contribution in [0.5, 0.6) is 0 Å². The zero-order valence-corrected chi connectivity index (χ0v) is 14.6. The normalized spacial score (nSPS) is 16.7. The van der Waals surface area contributed by atoms with E-state index in [9.17, 15) is 9.18 Å². The molecule has 1 unspecified atom stereocenters. The van der Waals surface area contributed by atoms with E-state index < -0.39 is 0 Å². The number of pyridine rings is 1. The standard InChI is InChI=1S/C19H23FN4O/c1-24(2)18-8-6-14(11-22-18)13-5-7-16(20)15(10-13)12-23-19(25)17-4-3-9-21-17/h5-8,10-11,17,21H,3-4,9,12H2,1-2H3,(H,23,25). The van der Waals surface area contributed by atoms with E-state index in [-0.39, 0.29) is 24.3 Å². The first-order valence-electron chi connectivity index (χ1n) is 8.48. The molecule has 1 aliphatic rings. The number of anilines is 1. The number of hydrogen-bond donors (Lipinski definition) is 2. The topological polar surface area (TPSA) is 57.3 Å². The van der Waals surface area contributed by atoms with Gasteiger partial charge in [0.25, 0.3) is 0 Å². The summed E-state index contributed by atoms with van der Waals surface area (Å²) in [4.78, 5) is 18.4. The Bertz CT molecular complexity index is 740. The lowest BCUT2D eigenvalue weighted by Crippen LogP contribution is -2.40. The van der Waals surface area contributed by atoms with Crippen LogP contribution in [0.2, 0.25) is 0 Å². The molecule has 25 heavy (non-hydrogen) atoms. The van der Waals surface area contributed by atoms with Gasteiger partial charge in [0.2, 0.25) is 5.91 Å². The number of nitrogens with one attached hydrogen (secondary N) is 2. The minimum atomic E-state index is -0.318. The van der Waals surface area contributed by atoms with Crippen LogP contribution in [0.15, 0.2) is 36.5 Å². The molecule has 0 bridgehead atoms. The summed E-state index contributed by atoms with van der Waals surface area (Å²) in [5.74, 6) is 0.475. The van der Waals surface area contributed by atoms with Crippen molar-refractivity contribution in [3.05, 3.63) is 47.9 Å². The Kier molecular flexibility index (Phi) is 5.28. The Hall–Kier alpha value is -2.47. The molecule has 1 atom stereocenters. The largest absolute Gasteiger partial charge is 0.363 e. The van der Waals surface area contributed by atoms with Crippen molar-refractivity contribution in [2.24, 2.45) is 0 Å². The molecular formula is C19H23FN4O. The molecule has 6 heteroatoms. The summed E-state index contributed by atoms with van der Waals surface area (Å²) in [5.41, 5.74) is 2.26. The number of benzene rings is 1. The molecule has 2 N–H and O–H groups in total. The first-order valence-corrected chi connectivity index (χ1v) is 8.48. The van der Waals surface area contributed by atoms with Crippen LogP contribution in [0.1, 0.15) is 18.4 Å². The van der Waals surface area contributed by atoms with E-state index in [1.807, 2.05) is 31.1 Å². The molecule has 2 aromatic rings. The fraction of sp³-hybridized carbons (Fsp3) is 0.368. The number of nitrogens with zero attached hydrogens (tertiary/aromatic N) is 2. The third-order valence-electron chi connectivity index (χ3n) is 4.41. The lowest BCUT2D eigenvalue weighted by molar-refractivity contribution is -0.122. The van der Waals surface area contributed by atoms with E-state index in [0.717, 1.165) is 36.3 Å². The van der Waals surface area contributed by atoms with E-state index in [0.29, 0.717) is 5.56 Å². The van der Waals surface area contributed by atoms with Crippen molar-refractivity contribution < 1.29 is 9.18 Å². The van der Waals surface area contributed by atoms with Crippen molar-refractivity contribution in [2.45, 2.75) is 25.4 Å². The predicted molar refractivity (Wildman–Crippen MR) is 96.8 cm³/mol. The van der Waals surface area contributed by atoms with Gasteiger partial charge in [0, 0.05) is 38.0 Å². The zero-order valence-electron chi connectivity index (χ0n) is 14.6. The minimum Gasteiger partial charge on any atom is -0.363 e. The van der Waals surface area contributed by atoms with Crippen molar-refractivity contribution >= 4 is 11.7 Å². The number of rotatable bonds is 5. The van der Waals surface area contributed by atoms with Gasteiger partial charge in [0.05, 0.1) is 6.04 Å². The van der Waals surface area contributed by atoms with Crippen molar-refractivity contribution in [3.8, 4) is 11.1 Å². The Morgan fingerprint density at radius 1 is 1.32 bits per heavy atom. The minimum absolute atomic E-state index is 0.0701. The van der Waals surface area contributed by atoms with Crippen molar-refractivity contribution in [1.29, 1.82) is 0 Å². The molecule has 132 valence electrons. The number of aromatic nitrogens is 1. The summed E-state index contributed by atoms with van der Waals surface area (Å²) in [6.07, 6.45) is 3.60. The smallest absolute Gasteiger partial charge is 0.237 e. The molecule has 0 aliphatic carbocycles. The average Bonchev–Trinajstić information content (AvgIpc) is 3.15. The van der Waals surface area contributed by atoms with E-state index in [4.69, 9.17) is 0 Å². The fourth-order valence-corrected chi connectivity index (χ4v) is 2.93. The van der Waals surface area contributed by atoms with Crippen LogP contribution in [0.25, 0.3) is 11.1 Å². The maximum absolute atomic E-state index is 14.1. The molecule has 1 fully saturated rings. The highest BCUT2D eigenvalue weighted by Gasteiger charge is 2.21. The van der Waals surface area contributed by atoms with E-state index in [1.54, 1.807) is 18.3 Å². The molecule has 0 spiro atoms. The molecule has 1 aromatic heterocycles. The van der Waals surface area contributed by atoms with Gasteiger partial charge in [0.1, 0.15) is 11.6 Å². The number of hydrogen-bond acceptors (Lipinski definition) is 4. The summed E-state index contributed by atoms with van der Waals surface area (Å²) in [6.45, 7) is 1.04. The maximum Gasteiger partial charge on any atom is 0.237 e. The van der Waals surface area contributed by atoms with Gasteiger partial charge in [0.15, 0.2) is 0 Å². The number of carbonyl (C=O) groups excluding carboxylic acids is 1.